The van der Waals surface area contributed by atoms with Crippen LogP contribution in [-0.4, -0.2) is 9.59 Å². The molecule has 1 aromatic carbocycles. The van der Waals surface area contributed by atoms with Crippen LogP contribution in [0.4, 0.5) is 4.39 Å². The van der Waals surface area contributed by atoms with Crippen LogP contribution in [0.3, 0.4) is 0 Å². The van der Waals surface area contributed by atoms with Crippen LogP contribution in [0.15, 0.2) is 23.6 Å². The molecule has 1 atom stereocenters. The van der Waals surface area contributed by atoms with Crippen LogP contribution in [0.25, 0.3) is 0 Å². The first-order valence-corrected chi connectivity index (χ1v) is 5.30. The summed E-state index contributed by atoms with van der Waals surface area (Å²) in [5, 5.41) is 5.70. The van der Waals surface area contributed by atoms with Crippen molar-refractivity contribution >= 4 is 11.5 Å². The third-order valence-corrected chi connectivity index (χ3v) is 2.79. The van der Waals surface area contributed by atoms with Crippen molar-refractivity contribution in [1.82, 2.24) is 9.59 Å². The van der Waals surface area contributed by atoms with Gasteiger partial charge < -0.3 is 5.73 Å². The lowest BCUT2D eigenvalue weighted by atomic mass is 10.0. The lowest BCUT2D eigenvalue weighted by molar-refractivity contribution is 0.624. The highest BCUT2D eigenvalue weighted by atomic mass is 32.1. The molecule has 0 amide bonds. The van der Waals surface area contributed by atoms with Crippen LogP contribution in [0, 0.1) is 12.7 Å². The summed E-state index contributed by atoms with van der Waals surface area (Å²) in [7, 11) is 0. The summed E-state index contributed by atoms with van der Waals surface area (Å²) in [5.41, 5.74) is 8.42. The molecule has 0 bridgehead atoms. The van der Waals surface area contributed by atoms with Crippen molar-refractivity contribution in [2.75, 3.05) is 0 Å². The number of nitrogens with zero attached hydrogens (tertiary/aromatic N) is 2. The van der Waals surface area contributed by atoms with Gasteiger partial charge in [-0.1, -0.05) is 10.6 Å². The molecule has 2 rings (SSSR count). The normalized spacial score (nSPS) is 12.7. The molecule has 0 aliphatic heterocycles. The summed E-state index contributed by atoms with van der Waals surface area (Å²) in [5.74, 6) is -0.250. The number of aromatic nitrogens is 2. The molecule has 0 aliphatic carbocycles. The SMILES string of the molecule is Cc1cc(F)ccc1C(N)c1csnn1. The summed E-state index contributed by atoms with van der Waals surface area (Å²) in [6.07, 6.45) is 0. The maximum Gasteiger partial charge on any atom is 0.123 e. The molecular formula is C10H10FN3S. The molecule has 0 spiro atoms. The van der Waals surface area contributed by atoms with E-state index in [4.69, 9.17) is 5.73 Å². The lowest BCUT2D eigenvalue weighted by Crippen LogP contribution is -2.13. The predicted molar refractivity (Wildman–Crippen MR) is 57.1 cm³/mol. The Kier molecular flexibility index (Phi) is 2.75. The minimum atomic E-state index is -0.329. The van der Waals surface area contributed by atoms with Crippen LogP contribution < -0.4 is 5.73 Å². The summed E-state index contributed by atoms with van der Waals surface area (Å²) < 4.78 is 16.6. The van der Waals surface area contributed by atoms with Gasteiger partial charge in [0.2, 0.25) is 0 Å². The van der Waals surface area contributed by atoms with Crippen molar-refractivity contribution in [1.29, 1.82) is 0 Å². The maximum atomic E-state index is 12.9. The van der Waals surface area contributed by atoms with Gasteiger partial charge in [-0.3, -0.25) is 0 Å². The van der Waals surface area contributed by atoms with Gasteiger partial charge in [0.1, 0.15) is 5.82 Å². The van der Waals surface area contributed by atoms with Crippen molar-refractivity contribution in [2.24, 2.45) is 5.73 Å². The molecule has 2 aromatic rings. The second-order valence-electron chi connectivity index (χ2n) is 3.31. The van der Waals surface area contributed by atoms with E-state index in [9.17, 15) is 4.39 Å². The van der Waals surface area contributed by atoms with Crippen molar-refractivity contribution < 1.29 is 4.39 Å². The first kappa shape index (κ1) is 10.2. The maximum absolute atomic E-state index is 12.9. The molecule has 0 aliphatic rings. The fourth-order valence-electron chi connectivity index (χ4n) is 1.45. The van der Waals surface area contributed by atoms with Gasteiger partial charge in [0.25, 0.3) is 0 Å². The first-order chi connectivity index (χ1) is 7.18. The van der Waals surface area contributed by atoms with Gasteiger partial charge in [0.05, 0.1) is 11.7 Å². The molecule has 0 fully saturated rings. The van der Waals surface area contributed by atoms with Crippen LogP contribution in [-0.2, 0) is 0 Å². The summed E-state index contributed by atoms with van der Waals surface area (Å²) in [6.45, 7) is 1.83. The summed E-state index contributed by atoms with van der Waals surface area (Å²) >= 11 is 1.26. The molecule has 0 saturated carbocycles. The van der Waals surface area contributed by atoms with Crippen LogP contribution in [0.2, 0.25) is 0 Å². The number of benzene rings is 1. The number of hydrogen-bond donors (Lipinski definition) is 1. The third kappa shape index (κ3) is 2.03. The van der Waals surface area contributed by atoms with Crippen LogP contribution >= 0.6 is 11.5 Å². The molecule has 2 N–H and O–H groups in total. The molecular weight excluding hydrogens is 213 g/mol. The average Bonchev–Trinajstić information content (AvgIpc) is 2.69. The van der Waals surface area contributed by atoms with E-state index in [-0.39, 0.29) is 11.9 Å². The standard InChI is InChI=1S/C10H10FN3S/c1-6-4-7(11)2-3-8(6)10(12)9-5-15-14-13-9/h2-5,10H,12H2,1H3. The molecule has 0 radical (unpaired) electrons. The fourth-order valence-corrected chi connectivity index (χ4v) is 1.95. The van der Waals surface area contributed by atoms with E-state index in [1.165, 1.54) is 23.7 Å². The average molecular weight is 223 g/mol. The van der Waals surface area contributed by atoms with Crippen molar-refractivity contribution in [3.8, 4) is 0 Å². The number of hydrogen-bond acceptors (Lipinski definition) is 4. The third-order valence-electron chi connectivity index (χ3n) is 2.26. The van der Waals surface area contributed by atoms with E-state index in [1.807, 2.05) is 6.92 Å². The van der Waals surface area contributed by atoms with Crippen molar-refractivity contribution in [3.63, 3.8) is 0 Å². The minimum absolute atomic E-state index is 0.250. The van der Waals surface area contributed by atoms with Crippen LogP contribution in [0.5, 0.6) is 0 Å². The van der Waals surface area contributed by atoms with E-state index in [0.717, 1.165) is 16.8 Å². The number of rotatable bonds is 2. The number of nitrogens with two attached hydrogens (primary N) is 1. The van der Waals surface area contributed by atoms with Gasteiger partial charge >= 0.3 is 0 Å². The summed E-state index contributed by atoms with van der Waals surface area (Å²) in [6, 6.07) is 4.23. The van der Waals surface area contributed by atoms with Gasteiger partial charge in [-0.15, -0.1) is 5.10 Å². The Morgan fingerprint density at radius 2 is 2.27 bits per heavy atom. The van der Waals surface area contributed by atoms with Gasteiger partial charge in [-0.25, -0.2) is 4.39 Å². The Balaban J connectivity index is 2.38. The molecule has 5 heteroatoms. The van der Waals surface area contributed by atoms with Gasteiger partial charge in [-0.2, -0.15) is 0 Å². The lowest BCUT2D eigenvalue weighted by Gasteiger charge is -2.11. The van der Waals surface area contributed by atoms with Crippen molar-refractivity contribution in [2.45, 2.75) is 13.0 Å². The second kappa shape index (κ2) is 4.04. The van der Waals surface area contributed by atoms with E-state index in [1.54, 1.807) is 11.4 Å². The Morgan fingerprint density at radius 3 is 2.87 bits per heavy atom. The molecule has 78 valence electrons. The highest BCUT2D eigenvalue weighted by Gasteiger charge is 2.14. The smallest absolute Gasteiger partial charge is 0.123 e. The summed E-state index contributed by atoms with van der Waals surface area (Å²) in [4.78, 5) is 0. The zero-order valence-electron chi connectivity index (χ0n) is 8.14. The van der Waals surface area contributed by atoms with Gasteiger partial charge in [-0.05, 0) is 41.7 Å². The Labute approximate surface area is 90.9 Å². The van der Waals surface area contributed by atoms with E-state index >= 15 is 0 Å². The molecule has 3 nitrogen and oxygen atoms in total. The molecule has 1 unspecified atom stereocenters. The van der Waals surface area contributed by atoms with Gasteiger partial charge in [0, 0.05) is 5.38 Å². The first-order valence-electron chi connectivity index (χ1n) is 4.47. The molecule has 1 aromatic heterocycles. The van der Waals surface area contributed by atoms with Gasteiger partial charge in [0.15, 0.2) is 0 Å². The van der Waals surface area contributed by atoms with E-state index < -0.39 is 0 Å². The Morgan fingerprint density at radius 1 is 1.47 bits per heavy atom. The van der Waals surface area contributed by atoms with E-state index in [0.29, 0.717) is 0 Å². The highest BCUT2D eigenvalue weighted by molar-refractivity contribution is 7.03. The predicted octanol–water partition coefficient (Wildman–Crippen LogP) is 2.03. The molecule has 1 heterocycles. The highest BCUT2D eigenvalue weighted by Crippen LogP contribution is 2.22. The van der Waals surface area contributed by atoms with Crippen molar-refractivity contribution in [3.05, 3.63) is 46.2 Å². The monoisotopic (exact) mass is 223 g/mol. The molecule has 15 heavy (non-hydrogen) atoms. The van der Waals surface area contributed by atoms with E-state index in [2.05, 4.69) is 9.59 Å². The number of halogens is 1. The van der Waals surface area contributed by atoms with Crippen LogP contribution in [0.1, 0.15) is 22.9 Å². The Hall–Kier alpha value is -1.33. The number of aryl methyl sites for hydroxylation is 1. The quantitative estimate of drug-likeness (QED) is 0.847. The largest absolute Gasteiger partial charge is 0.319 e. The zero-order chi connectivity index (χ0) is 10.8. The molecule has 0 saturated heterocycles. The topological polar surface area (TPSA) is 51.8 Å². The second-order valence-corrected chi connectivity index (χ2v) is 3.92. The zero-order valence-corrected chi connectivity index (χ0v) is 8.96. The minimum Gasteiger partial charge on any atom is -0.319 e. The Bertz CT molecular complexity index is 456. The fraction of sp³-hybridized carbons (Fsp3) is 0.200.